The van der Waals surface area contributed by atoms with Crippen molar-refractivity contribution in [2.24, 2.45) is 15.6 Å². The maximum atomic E-state index is 12.4. The van der Waals surface area contributed by atoms with Gasteiger partial charge in [-0.25, -0.2) is 0 Å². The maximum Gasteiger partial charge on any atom is 0.240 e. The van der Waals surface area contributed by atoms with Gasteiger partial charge >= 0.3 is 0 Å². The van der Waals surface area contributed by atoms with Crippen LogP contribution in [-0.2, 0) is 9.59 Å². The van der Waals surface area contributed by atoms with Crippen LogP contribution >= 0.6 is 23.4 Å². The molecule has 1 aromatic rings. The molecule has 0 aromatic heterocycles. The van der Waals surface area contributed by atoms with Crippen molar-refractivity contribution < 1.29 is 9.59 Å². The van der Waals surface area contributed by atoms with Crippen molar-refractivity contribution in [3.63, 3.8) is 0 Å². The first kappa shape index (κ1) is 21.6. The SMILES string of the molecule is CC1=C/C(=N/N=C2/NC(=O)C(CC(=O)Nc3cccc(Cl)c3C)S2)CC(C)(C)C1. The van der Waals surface area contributed by atoms with Crippen molar-refractivity contribution in [1.82, 2.24) is 5.32 Å². The Labute approximate surface area is 180 Å². The molecule has 2 N–H and O–H groups in total. The van der Waals surface area contributed by atoms with Gasteiger partial charge in [-0.2, -0.15) is 5.10 Å². The fraction of sp³-hybridized carbons (Fsp3) is 0.429. The summed E-state index contributed by atoms with van der Waals surface area (Å²) in [6, 6.07) is 5.32. The van der Waals surface area contributed by atoms with Crippen LogP contribution < -0.4 is 10.6 Å². The van der Waals surface area contributed by atoms with Gasteiger partial charge in [0.05, 0.1) is 5.71 Å². The van der Waals surface area contributed by atoms with E-state index < -0.39 is 5.25 Å². The maximum absolute atomic E-state index is 12.4. The molecule has 1 unspecified atom stereocenters. The van der Waals surface area contributed by atoms with Crippen LogP contribution in [0.4, 0.5) is 5.69 Å². The number of allylic oxidation sites excluding steroid dienone is 2. The molecule has 1 aliphatic heterocycles. The first-order chi connectivity index (χ1) is 13.6. The lowest BCUT2D eigenvalue weighted by Crippen LogP contribution is -2.28. The zero-order chi connectivity index (χ0) is 21.2. The lowest BCUT2D eigenvalue weighted by atomic mass is 9.77. The van der Waals surface area contributed by atoms with Gasteiger partial charge in [-0.1, -0.05) is 48.8 Å². The van der Waals surface area contributed by atoms with Crippen molar-refractivity contribution in [3.8, 4) is 0 Å². The first-order valence-electron chi connectivity index (χ1n) is 9.47. The van der Waals surface area contributed by atoms with Crippen molar-refractivity contribution >= 4 is 51.7 Å². The number of hydrogen-bond donors (Lipinski definition) is 2. The number of nitrogens with zero attached hydrogens (tertiary/aromatic N) is 2. The molecule has 3 rings (SSSR count). The predicted octanol–water partition coefficient (Wildman–Crippen LogP) is 4.69. The van der Waals surface area contributed by atoms with E-state index in [1.807, 2.05) is 6.92 Å². The number of nitrogens with one attached hydrogen (secondary N) is 2. The van der Waals surface area contributed by atoms with E-state index in [0.717, 1.165) is 24.1 Å². The normalized spacial score (nSPS) is 23.8. The molecule has 0 saturated carbocycles. The molecular weight excluding hydrogens is 408 g/mol. The summed E-state index contributed by atoms with van der Waals surface area (Å²) in [5.41, 5.74) is 3.77. The summed E-state index contributed by atoms with van der Waals surface area (Å²) in [7, 11) is 0. The average Bonchev–Trinajstić information content (AvgIpc) is 2.95. The van der Waals surface area contributed by atoms with Crippen molar-refractivity contribution in [1.29, 1.82) is 0 Å². The minimum absolute atomic E-state index is 0.0457. The Balaban J connectivity index is 1.62. The van der Waals surface area contributed by atoms with Crippen LogP contribution in [0.3, 0.4) is 0 Å². The van der Waals surface area contributed by atoms with Crippen LogP contribution in [0.2, 0.25) is 5.02 Å². The number of hydrogen-bond acceptors (Lipinski definition) is 5. The van der Waals surface area contributed by atoms with Gasteiger partial charge in [-0.15, -0.1) is 5.10 Å². The van der Waals surface area contributed by atoms with E-state index in [2.05, 4.69) is 47.7 Å². The first-order valence-corrected chi connectivity index (χ1v) is 10.7. The quantitative estimate of drug-likeness (QED) is 0.677. The molecule has 2 aliphatic rings. The minimum atomic E-state index is -0.534. The fourth-order valence-electron chi connectivity index (χ4n) is 3.57. The molecule has 2 amide bonds. The van der Waals surface area contributed by atoms with Gasteiger partial charge in [0.15, 0.2) is 5.17 Å². The largest absolute Gasteiger partial charge is 0.326 e. The highest BCUT2D eigenvalue weighted by Gasteiger charge is 2.32. The Morgan fingerprint density at radius 3 is 2.79 bits per heavy atom. The van der Waals surface area contributed by atoms with Crippen molar-refractivity contribution in [2.45, 2.75) is 52.2 Å². The molecule has 154 valence electrons. The zero-order valence-corrected chi connectivity index (χ0v) is 18.6. The van der Waals surface area contributed by atoms with Crippen LogP contribution in [-0.4, -0.2) is 27.9 Å². The highest BCUT2D eigenvalue weighted by molar-refractivity contribution is 8.15. The number of halogens is 1. The topological polar surface area (TPSA) is 82.9 Å². The number of carbonyl (C=O) groups excluding carboxylic acids is 2. The summed E-state index contributed by atoms with van der Waals surface area (Å²) in [6.45, 7) is 8.33. The molecular formula is C21H25ClN4O2S. The second kappa shape index (κ2) is 8.71. The highest BCUT2D eigenvalue weighted by atomic mass is 35.5. The number of thioether (sulfide) groups is 1. The Morgan fingerprint density at radius 1 is 1.31 bits per heavy atom. The Bertz CT molecular complexity index is 937. The summed E-state index contributed by atoms with van der Waals surface area (Å²) in [6.07, 6.45) is 3.97. The second-order valence-corrected chi connectivity index (χ2v) is 9.86. The van der Waals surface area contributed by atoms with Crippen molar-refractivity contribution in [3.05, 3.63) is 40.4 Å². The van der Waals surface area contributed by atoms with Gasteiger partial charge in [0.25, 0.3) is 0 Å². The van der Waals surface area contributed by atoms with Crippen LogP contribution in [0.25, 0.3) is 0 Å². The Hall–Kier alpha value is -2.12. The number of carbonyl (C=O) groups is 2. The van der Waals surface area contributed by atoms with Gasteiger partial charge in [-0.3, -0.25) is 9.59 Å². The van der Waals surface area contributed by atoms with E-state index in [0.29, 0.717) is 15.9 Å². The van der Waals surface area contributed by atoms with Gasteiger partial charge in [0.1, 0.15) is 5.25 Å². The average molecular weight is 433 g/mol. The molecule has 1 saturated heterocycles. The molecule has 1 aliphatic carbocycles. The monoisotopic (exact) mass is 432 g/mol. The van der Waals surface area contributed by atoms with E-state index in [4.69, 9.17) is 11.6 Å². The summed E-state index contributed by atoms with van der Waals surface area (Å²) in [4.78, 5) is 24.6. The van der Waals surface area contributed by atoms with E-state index in [1.165, 1.54) is 17.3 Å². The number of amides is 2. The minimum Gasteiger partial charge on any atom is -0.326 e. The molecule has 0 spiro atoms. The molecule has 8 heteroatoms. The van der Waals surface area contributed by atoms with Crippen LogP contribution in [0.15, 0.2) is 40.1 Å². The summed E-state index contributed by atoms with van der Waals surface area (Å²) >= 11 is 7.31. The summed E-state index contributed by atoms with van der Waals surface area (Å²) in [5, 5.41) is 14.5. The Kier molecular flexibility index (Phi) is 6.49. The third-order valence-corrected chi connectivity index (χ3v) is 6.27. The number of benzene rings is 1. The van der Waals surface area contributed by atoms with Gasteiger partial charge in [0, 0.05) is 17.1 Å². The molecule has 0 radical (unpaired) electrons. The van der Waals surface area contributed by atoms with E-state index >= 15 is 0 Å². The number of rotatable bonds is 4. The summed E-state index contributed by atoms with van der Waals surface area (Å²) < 4.78 is 0. The fourth-order valence-corrected chi connectivity index (χ4v) is 4.66. The van der Waals surface area contributed by atoms with Gasteiger partial charge < -0.3 is 10.6 Å². The second-order valence-electron chi connectivity index (χ2n) is 8.27. The molecule has 6 nitrogen and oxygen atoms in total. The van der Waals surface area contributed by atoms with Crippen LogP contribution in [0.5, 0.6) is 0 Å². The molecule has 0 bridgehead atoms. The van der Waals surface area contributed by atoms with E-state index in [-0.39, 0.29) is 23.7 Å². The standard InChI is InChI=1S/C21H25ClN4O2S/c1-12-8-14(11-21(3,4)10-12)25-26-20-24-19(28)17(29-20)9-18(27)23-16-7-5-6-15(22)13(16)2/h5-8,17H,9-11H2,1-4H3,(H,23,27)(H,24,26,28)/b25-14-. The molecule has 1 fully saturated rings. The van der Waals surface area contributed by atoms with Gasteiger partial charge in [-0.05, 0) is 55.9 Å². The van der Waals surface area contributed by atoms with Crippen molar-refractivity contribution in [2.75, 3.05) is 5.32 Å². The number of amidine groups is 1. The van der Waals surface area contributed by atoms with Crippen LogP contribution in [0.1, 0.15) is 45.6 Å². The van der Waals surface area contributed by atoms with E-state index in [9.17, 15) is 9.59 Å². The summed E-state index contributed by atoms with van der Waals surface area (Å²) in [5.74, 6) is -0.481. The third kappa shape index (κ3) is 5.70. The number of anilines is 1. The molecule has 1 atom stereocenters. The smallest absolute Gasteiger partial charge is 0.240 e. The lowest BCUT2D eigenvalue weighted by molar-refractivity contribution is -0.122. The van der Waals surface area contributed by atoms with E-state index in [1.54, 1.807) is 18.2 Å². The molecule has 1 heterocycles. The van der Waals surface area contributed by atoms with Gasteiger partial charge in [0.2, 0.25) is 11.8 Å². The third-order valence-electron chi connectivity index (χ3n) is 4.79. The zero-order valence-electron chi connectivity index (χ0n) is 17.0. The predicted molar refractivity (Wildman–Crippen MR) is 121 cm³/mol. The molecule has 29 heavy (non-hydrogen) atoms. The Morgan fingerprint density at radius 2 is 2.07 bits per heavy atom. The molecule has 1 aromatic carbocycles. The highest BCUT2D eigenvalue weighted by Crippen LogP contribution is 2.34. The lowest BCUT2D eigenvalue weighted by Gasteiger charge is -2.28. The van der Waals surface area contributed by atoms with Crippen LogP contribution in [0, 0.1) is 12.3 Å².